The highest BCUT2D eigenvalue weighted by Crippen LogP contribution is 2.20. The number of phenols is 1. The number of aromatic hydroxyl groups is 1. The van der Waals surface area contributed by atoms with Gasteiger partial charge in [0.15, 0.2) is 0 Å². The molecule has 0 atom stereocenters. The molecule has 3 N–H and O–H groups in total. The smallest absolute Gasteiger partial charge is 0.120 e. The van der Waals surface area contributed by atoms with Gasteiger partial charge in [0.05, 0.1) is 13.2 Å². The van der Waals surface area contributed by atoms with Crippen molar-refractivity contribution in [3.05, 3.63) is 29.3 Å². The van der Waals surface area contributed by atoms with Gasteiger partial charge in [0.1, 0.15) is 5.75 Å². The topological polar surface area (TPSA) is 67.2 Å². The number of hydrogen-bond acceptors (Lipinski definition) is 5. The van der Waals surface area contributed by atoms with Crippen molar-refractivity contribution in [3.63, 3.8) is 0 Å². The molecule has 0 bridgehead atoms. The van der Waals surface area contributed by atoms with E-state index in [1.165, 1.54) is 0 Å². The lowest BCUT2D eigenvalue weighted by atomic mass is 10.1. The van der Waals surface area contributed by atoms with E-state index in [9.17, 15) is 5.11 Å². The number of phenolic OH excluding ortho intramolecular Hbond substituents is 1. The predicted molar refractivity (Wildman–Crippen MR) is 74.9 cm³/mol. The summed E-state index contributed by atoms with van der Waals surface area (Å²) in [5.41, 5.74) is 1.95. The Morgan fingerprint density at radius 2 is 1.53 bits per heavy atom. The van der Waals surface area contributed by atoms with E-state index in [-0.39, 0.29) is 19.0 Å². The standard InChI is InChI=1S/C14H24N2O3/c1-15(5-7-17)10-12-3-4-14(19)13(9-12)11-16(2)6-8-18/h3-4,9,17-19H,5-8,10-11H2,1-2H3. The van der Waals surface area contributed by atoms with Gasteiger partial charge in [0.25, 0.3) is 0 Å². The summed E-state index contributed by atoms with van der Waals surface area (Å²) in [7, 11) is 3.85. The second kappa shape index (κ2) is 8.12. The molecule has 0 saturated heterocycles. The molecular weight excluding hydrogens is 244 g/mol. The molecule has 1 aromatic rings. The molecule has 1 aromatic carbocycles. The maximum atomic E-state index is 9.85. The fourth-order valence-electron chi connectivity index (χ4n) is 1.97. The lowest BCUT2D eigenvalue weighted by Gasteiger charge is -2.19. The highest BCUT2D eigenvalue weighted by atomic mass is 16.3. The first kappa shape index (κ1) is 15.9. The quantitative estimate of drug-likeness (QED) is 0.630. The third-order valence-corrected chi connectivity index (χ3v) is 3.00. The minimum atomic E-state index is 0.107. The molecule has 0 aromatic heterocycles. The van der Waals surface area contributed by atoms with Crippen LogP contribution in [0.4, 0.5) is 0 Å². The number of benzene rings is 1. The summed E-state index contributed by atoms with van der Waals surface area (Å²) in [4.78, 5) is 3.98. The third kappa shape index (κ3) is 5.57. The fourth-order valence-corrected chi connectivity index (χ4v) is 1.97. The average Bonchev–Trinajstić information content (AvgIpc) is 2.34. The van der Waals surface area contributed by atoms with Crippen LogP contribution in [-0.4, -0.2) is 65.5 Å². The molecule has 1 rings (SSSR count). The summed E-state index contributed by atoms with van der Waals surface area (Å²) >= 11 is 0. The Balaban J connectivity index is 2.70. The predicted octanol–water partition coefficient (Wildman–Crippen LogP) is 0.240. The highest BCUT2D eigenvalue weighted by molar-refractivity contribution is 5.36. The second-order valence-electron chi connectivity index (χ2n) is 4.89. The maximum Gasteiger partial charge on any atom is 0.120 e. The zero-order valence-electron chi connectivity index (χ0n) is 11.7. The lowest BCUT2D eigenvalue weighted by Crippen LogP contribution is -2.23. The average molecular weight is 268 g/mol. The largest absolute Gasteiger partial charge is 0.508 e. The van der Waals surface area contributed by atoms with E-state index in [0.29, 0.717) is 19.6 Å². The molecule has 19 heavy (non-hydrogen) atoms. The minimum Gasteiger partial charge on any atom is -0.508 e. The summed E-state index contributed by atoms with van der Waals surface area (Å²) in [5.74, 6) is 0.276. The van der Waals surface area contributed by atoms with Gasteiger partial charge in [-0.05, 0) is 31.8 Å². The fraction of sp³-hybridized carbons (Fsp3) is 0.571. The van der Waals surface area contributed by atoms with Crippen molar-refractivity contribution in [2.75, 3.05) is 40.4 Å². The first-order valence-electron chi connectivity index (χ1n) is 6.46. The molecule has 0 aliphatic heterocycles. The Bertz CT molecular complexity index is 385. The van der Waals surface area contributed by atoms with Crippen molar-refractivity contribution in [1.29, 1.82) is 0 Å². The minimum absolute atomic E-state index is 0.107. The van der Waals surface area contributed by atoms with Gasteiger partial charge in [-0.2, -0.15) is 0 Å². The van der Waals surface area contributed by atoms with Crippen molar-refractivity contribution in [2.24, 2.45) is 0 Å². The van der Waals surface area contributed by atoms with Crippen LogP contribution in [-0.2, 0) is 13.1 Å². The van der Waals surface area contributed by atoms with Gasteiger partial charge in [-0.25, -0.2) is 0 Å². The molecule has 5 heteroatoms. The van der Waals surface area contributed by atoms with E-state index in [1.54, 1.807) is 6.07 Å². The van der Waals surface area contributed by atoms with Crippen molar-refractivity contribution < 1.29 is 15.3 Å². The molecular formula is C14H24N2O3. The van der Waals surface area contributed by atoms with E-state index in [1.807, 2.05) is 36.0 Å². The van der Waals surface area contributed by atoms with Crippen LogP contribution in [0.2, 0.25) is 0 Å². The van der Waals surface area contributed by atoms with Crippen molar-refractivity contribution >= 4 is 0 Å². The Hall–Kier alpha value is -1.14. The second-order valence-corrected chi connectivity index (χ2v) is 4.89. The first-order chi connectivity index (χ1) is 9.06. The van der Waals surface area contributed by atoms with Crippen LogP contribution in [0, 0.1) is 0 Å². The third-order valence-electron chi connectivity index (χ3n) is 3.00. The molecule has 0 radical (unpaired) electrons. The number of likely N-dealkylation sites (N-methyl/N-ethyl adjacent to an activating group) is 2. The van der Waals surface area contributed by atoms with Crippen molar-refractivity contribution in [2.45, 2.75) is 13.1 Å². The van der Waals surface area contributed by atoms with Crippen LogP contribution in [0.1, 0.15) is 11.1 Å². The molecule has 108 valence electrons. The van der Waals surface area contributed by atoms with Crippen LogP contribution in [0.3, 0.4) is 0 Å². The zero-order valence-corrected chi connectivity index (χ0v) is 11.7. The van der Waals surface area contributed by atoms with Crippen LogP contribution in [0.25, 0.3) is 0 Å². The maximum absolute atomic E-state index is 9.85. The van der Waals surface area contributed by atoms with E-state index in [0.717, 1.165) is 17.7 Å². The monoisotopic (exact) mass is 268 g/mol. The van der Waals surface area contributed by atoms with Crippen LogP contribution in [0.15, 0.2) is 18.2 Å². The van der Waals surface area contributed by atoms with Gasteiger partial charge in [-0.3, -0.25) is 9.80 Å². The van der Waals surface area contributed by atoms with Crippen LogP contribution >= 0.6 is 0 Å². The van der Waals surface area contributed by atoms with Crippen LogP contribution in [0.5, 0.6) is 5.75 Å². The summed E-state index contributed by atoms with van der Waals surface area (Å²) in [6.45, 7) is 2.78. The lowest BCUT2D eigenvalue weighted by molar-refractivity contribution is 0.214. The van der Waals surface area contributed by atoms with E-state index in [4.69, 9.17) is 10.2 Å². The van der Waals surface area contributed by atoms with Crippen molar-refractivity contribution in [3.8, 4) is 5.75 Å². The highest BCUT2D eigenvalue weighted by Gasteiger charge is 2.07. The Kier molecular flexibility index (Phi) is 6.80. The molecule has 0 amide bonds. The van der Waals surface area contributed by atoms with Gasteiger partial charge in [0, 0.05) is 31.7 Å². The van der Waals surface area contributed by atoms with Gasteiger partial charge in [-0.15, -0.1) is 0 Å². The number of rotatable bonds is 8. The molecule has 5 nitrogen and oxygen atoms in total. The number of aliphatic hydroxyl groups is 2. The number of nitrogens with zero attached hydrogens (tertiary/aromatic N) is 2. The summed E-state index contributed by atoms with van der Waals surface area (Å²) in [6.07, 6.45) is 0. The molecule has 0 unspecified atom stereocenters. The van der Waals surface area contributed by atoms with Crippen LogP contribution < -0.4 is 0 Å². The number of aliphatic hydroxyl groups excluding tert-OH is 2. The Labute approximate surface area is 114 Å². The van der Waals surface area contributed by atoms with Crippen molar-refractivity contribution in [1.82, 2.24) is 9.80 Å². The van der Waals surface area contributed by atoms with Gasteiger partial charge in [-0.1, -0.05) is 6.07 Å². The molecule has 0 saturated carbocycles. The molecule has 0 aliphatic rings. The van der Waals surface area contributed by atoms with E-state index < -0.39 is 0 Å². The zero-order chi connectivity index (χ0) is 14.3. The van der Waals surface area contributed by atoms with E-state index in [2.05, 4.69) is 0 Å². The van der Waals surface area contributed by atoms with E-state index >= 15 is 0 Å². The normalized spacial score (nSPS) is 11.5. The van der Waals surface area contributed by atoms with Gasteiger partial charge in [0.2, 0.25) is 0 Å². The summed E-state index contributed by atoms with van der Waals surface area (Å²) < 4.78 is 0. The molecule has 0 spiro atoms. The van der Waals surface area contributed by atoms with Gasteiger partial charge >= 0.3 is 0 Å². The Morgan fingerprint density at radius 3 is 2.11 bits per heavy atom. The molecule has 0 heterocycles. The SMILES string of the molecule is CN(CCO)Cc1ccc(O)c(CN(C)CCO)c1. The molecule has 0 fully saturated rings. The summed E-state index contributed by atoms with van der Waals surface area (Å²) in [6, 6.07) is 5.56. The number of hydrogen-bond donors (Lipinski definition) is 3. The molecule has 0 aliphatic carbocycles. The Morgan fingerprint density at radius 1 is 0.947 bits per heavy atom. The summed E-state index contributed by atoms with van der Waals surface area (Å²) in [5, 5.41) is 27.6. The first-order valence-corrected chi connectivity index (χ1v) is 6.46. The van der Waals surface area contributed by atoms with Gasteiger partial charge < -0.3 is 15.3 Å².